The maximum atomic E-state index is 12.4. The van der Waals surface area contributed by atoms with Gasteiger partial charge in [-0.1, -0.05) is 36.4 Å². The SMILES string of the molecule is CC(C)(C)OC(=O)N1CC[C@@H](n2cnc3c(-c4ccc5ccccc5c4)ccnc32)C1. The number of carbonyl (C=O) groups excluding carboxylic acids is 1. The zero-order valence-corrected chi connectivity index (χ0v) is 18.1. The lowest BCUT2D eigenvalue weighted by molar-refractivity contribution is 0.0289. The van der Waals surface area contributed by atoms with Crippen molar-refractivity contribution in [2.75, 3.05) is 13.1 Å². The van der Waals surface area contributed by atoms with E-state index in [1.165, 1.54) is 10.8 Å². The molecule has 6 nitrogen and oxygen atoms in total. The van der Waals surface area contributed by atoms with Crippen molar-refractivity contribution >= 4 is 28.0 Å². The monoisotopic (exact) mass is 414 g/mol. The van der Waals surface area contributed by atoms with E-state index in [0.717, 1.165) is 28.7 Å². The Morgan fingerprint density at radius 3 is 2.68 bits per heavy atom. The Balaban J connectivity index is 1.45. The van der Waals surface area contributed by atoms with Gasteiger partial charge in [-0.15, -0.1) is 0 Å². The number of pyridine rings is 1. The molecule has 1 saturated heterocycles. The number of rotatable bonds is 2. The second-order valence-electron chi connectivity index (χ2n) is 9.11. The third-order valence-electron chi connectivity index (χ3n) is 5.73. The second kappa shape index (κ2) is 7.38. The minimum Gasteiger partial charge on any atom is -0.444 e. The Hall–Kier alpha value is -3.41. The molecule has 6 heteroatoms. The molecule has 0 bridgehead atoms. The third-order valence-corrected chi connectivity index (χ3v) is 5.73. The van der Waals surface area contributed by atoms with Crippen molar-refractivity contribution in [1.29, 1.82) is 0 Å². The quantitative estimate of drug-likeness (QED) is 0.439. The summed E-state index contributed by atoms with van der Waals surface area (Å²) in [7, 11) is 0. The van der Waals surface area contributed by atoms with Crippen LogP contribution >= 0.6 is 0 Å². The summed E-state index contributed by atoms with van der Waals surface area (Å²) in [5, 5.41) is 2.42. The highest BCUT2D eigenvalue weighted by atomic mass is 16.6. The van der Waals surface area contributed by atoms with Gasteiger partial charge in [0.05, 0.1) is 12.4 Å². The van der Waals surface area contributed by atoms with Crippen molar-refractivity contribution < 1.29 is 9.53 Å². The van der Waals surface area contributed by atoms with Crippen molar-refractivity contribution in [3.63, 3.8) is 0 Å². The number of amides is 1. The van der Waals surface area contributed by atoms with E-state index >= 15 is 0 Å². The van der Waals surface area contributed by atoms with Crippen LogP contribution in [0.2, 0.25) is 0 Å². The lowest BCUT2D eigenvalue weighted by Gasteiger charge is -2.24. The highest BCUT2D eigenvalue weighted by Crippen LogP contribution is 2.32. The molecular weight excluding hydrogens is 388 g/mol. The predicted molar refractivity (Wildman–Crippen MR) is 122 cm³/mol. The van der Waals surface area contributed by atoms with Crippen LogP contribution in [0.4, 0.5) is 4.79 Å². The molecule has 0 unspecified atom stereocenters. The van der Waals surface area contributed by atoms with Crippen LogP contribution in [-0.2, 0) is 4.74 Å². The van der Waals surface area contributed by atoms with Crippen LogP contribution in [0.25, 0.3) is 33.1 Å². The number of hydrogen-bond donors (Lipinski definition) is 0. The molecule has 0 radical (unpaired) electrons. The fourth-order valence-corrected chi connectivity index (χ4v) is 4.25. The fraction of sp³-hybridized carbons (Fsp3) is 0.320. The summed E-state index contributed by atoms with van der Waals surface area (Å²) in [6.07, 6.45) is 4.29. The van der Waals surface area contributed by atoms with Gasteiger partial charge in [0.2, 0.25) is 0 Å². The number of ether oxygens (including phenoxy) is 1. The number of benzene rings is 2. The van der Waals surface area contributed by atoms with Gasteiger partial charge in [0.15, 0.2) is 5.65 Å². The maximum Gasteiger partial charge on any atom is 0.410 e. The van der Waals surface area contributed by atoms with Crippen molar-refractivity contribution in [2.45, 2.75) is 38.8 Å². The molecule has 0 aliphatic carbocycles. The number of hydrogen-bond acceptors (Lipinski definition) is 4. The molecule has 1 amide bonds. The number of fused-ring (bicyclic) bond motifs is 2. The second-order valence-corrected chi connectivity index (χ2v) is 9.11. The van der Waals surface area contributed by atoms with Crippen LogP contribution in [-0.4, -0.2) is 44.2 Å². The molecule has 2 aromatic heterocycles. The van der Waals surface area contributed by atoms with E-state index in [-0.39, 0.29) is 12.1 Å². The molecule has 158 valence electrons. The summed E-state index contributed by atoms with van der Waals surface area (Å²) in [4.78, 5) is 23.6. The molecule has 3 heterocycles. The highest BCUT2D eigenvalue weighted by Gasteiger charge is 2.31. The molecule has 5 rings (SSSR count). The molecule has 1 fully saturated rings. The number of imidazole rings is 1. The van der Waals surface area contributed by atoms with E-state index in [0.29, 0.717) is 13.1 Å². The lowest BCUT2D eigenvalue weighted by atomic mass is 10.0. The van der Waals surface area contributed by atoms with Gasteiger partial charge in [-0.25, -0.2) is 14.8 Å². The maximum absolute atomic E-state index is 12.4. The van der Waals surface area contributed by atoms with Crippen LogP contribution in [0.1, 0.15) is 33.2 Å². The smallest absolute Gasteiger partial charge is 0.410 e. The van der Waals surface area contributed by atoms with E-state index < -0.39 is 5.60 Å². The van der Waals surface area contributed by atoms with Crippen LogP contribution in [0.5, 0.6) is 0 Å². The average Bonchev–Trinajstić information content (AvgIpc) is 3.39. The summed E-state index contributed by atoms with van der Waals surface area (Å²) in [5.74, 6) is 0. The minimum absolute atomic E-state index is 0.136. The van der Waals surface area contributed by atoms with Gasteiger partial charge in [-0.3, -0.25) is 0 Å². The minimum atomic E-state index is -0.493. The lowest BCUT2D eigenvalue weighted by Crippen LogP contribution is -2.35. The molecule has 1 aliphatic rings. The van der Waals surface area contributed by atoms with E-state index in [4.69, 9.17) is 9.72 Å². The number of carbonyl (C=O) groups is 1. The van der Waals surface area contributed by atoms with Crippen molar-refractivity contribution in [3.8, 4) is 11.1 Å². The number of nitrogens with zero attached hydrogens (tertiary/aromatic N) is 4. The largest absolute Gasteiger partial charge is 0.444 e. The molecule has 2 aromatic carbocycles. The summed E-state index contributed by atoms with van der Waals surface area (Å²) < 4.78 is 7.63. The van der Waals surface area contributed by atoms with Gasteiger partial charge >= 0.3 is 6.09 Å². The van der Waals surface area contributed by atoms with Gasteiger partial charge in [0.1, 0.15) is 11.1 Å². The van der Waals surface area contributed by atoms with E-state index in [1.807, 2.05) is 39.4 Å². The zero-order valence-electron chi connectivity index (χ0n) is 18.1. The van der Waals surface area contributed by atoms with Crippen LogP contribution in [0.15, 0.2) is 61.1 Å². The topological polar surface area (TPSA) is 60.2 Å². The molecular formula is C25H26N4O2. The van der Waals surface area contributed by atoms with Crippen LogP contribution in [0.3, 0.4) is 0 Å². The Bertz CT molecular complexity index is 1270. The van der Waals surface area contributed by atoms with E-state index in [9.17, 15) is 4.79 Å². The Morgan fingerprint density at radius 1 is 1.06 bits per heavy atom. The summed E-state index contributed by atoms with van der Waals surface area (Å²) in [5.41, 5.74) is 3.43. The molecule has 1 aliphatic heterocycles. The summed E-state index contributed by atoms with van der Waals surface area (Å²) in [6.45, 7) is 6.94. The average molecular weight is 415 g/mol. The van der Waals surface area contributed by atoms with E-state index in [2.05, 4.69) is 52.0 Å². The summed E-state index contributed by atoms with van der Waals surface area (Å²) >= 11 is 0. The Morgan fingerprint density at radius 2 is 1.87 bits per heavy atom. The molecule has 31 heavy (non-hydrogen) atoms. The zero-order chi connectivity index (χ0) is 21.6. The summed E-state index contributed by atoms with van der Waals surface area (Å²) in [6, 6.07) is 17.0. The molecule has 1 atom stereocenters. The van der Waals surface area contributed by atoms with Gasteiger partial charge in [0.25, 0.3) is 0 Å². The van der Waals surface area contributed by atoms with Crippen molar-refractivity contribution in [1.82, 2.24) is 19.4 Å². The normalized spacial score (nSPS) is 16.9. The first-order valence-corrected chi connectivity index (χ1v) is 10.7. The fourth-order valence-electron chi connectivity index (χ4n) is 4.25. The van der Waals surface area contributed by atoms with Crippen LogP contribution < -0.4 is 0 Å². The van der Waals surface area contributed by atoms with Gasteiger partial charge in [-0.05, 0) is 55.7 Å². The Labute approximate surface area is 181 Å². The predicted octanol–water partition coefficient (Wildman–Crippen LogP) is 5.43. The van der Waals surface area contributed by atoms with Crippen molar-refractivity contribution in [2.24, 2.45) is 0 Å². The molecule has 0 spiro atoms. The number of aromatic nitrogens is 3. The first-order chi connectivity index (χ1) is 14.9. The molecule has 0 saturated carbocycles. The Kier molecular flexibility index (Phi) is 4.65. The standard InChI is InChI=1S/C25H26N4O2/c1-25(2,3)31-24(30)28-13-11-20(15-28)29-16-27-22-21(10-12-26-23(22)29)19-9-8-17-6-4-5-7-18(17)14-19/h4-10,12,14,16,20H,11,13,15H2,1-3H3/t20-/m1/s1. The molecule has 0 N–H and O–H groups in total. The van der Waals surface area contributed by atoms with Gasteiger partial charge < -0.3 is 14.2 Å². The van der Waals surface area contributed by atoms with E-state index in [1.54, 1.807) is 4.90 Å². The van der Waals surface area contributed by atoms with Crippen LogP contribution in [0, 0.1) is 0 Å². The van der Waals surface area contributed by atoms with Gasteiger partial charge in [-0.2, -0.15) is 0 Å². The van der Waals surface area contributed by atoms with Gasteiger partial charge in [0, 0.05) is 24.8 Å². The number of likely N-dealkylation sites (tertiary alicyclic amines) is 1. The highest BCUT2D eigenvalue weighted by molar-refractivity contribution is 5.94. The first-order valence-electron chi connectivity index (χ1n) is 10.7. The molecule has 4 aromatic rings. The van der Waals surface area contributed by atoms with Crippen molar-refractivity contribution in [3.05, 3.63) is 61.1 Å². The first kappa shape index (κ1) is 19.5. The third kappa shape index (κ3) is 3.74.